The van der Waals surface area contributed by atoms with Crippen molar-refractivity contribution in [2.75, 3.05) is 18.4 Å². The van der Waals surface area contributed by atoms with E-state index in [4.69, 9.17) is 11.6 Å². The molecule has 1 amide bonds. The van der Waals surface area contributed by atoms with Crippen LogP contribution in [0.4, 0.5) is 5.69 Å². The zero-order chi connectivity index (χ0) is 13.2. The van der Waals surface area contributed by atoms with Gasteiger partial charge >= 0.3 is 0 Å². The number of amides is 1. The predicted molar refractivity (Wildman–Crippen MR) is 76.6 cm³/mol. The second-order valence-corrected chi connectivity index (χ2v) is 5.60. The van der Waals surface area contributed by atoms with Crippen LogP contribution in [0, 0.1) is 5.92 Å². The van der Waals surface area contributed by atoms with E-state index in [0.717, 1.165) is 36.8 Å². The zero-order valence-corrected chi connectivity index (χ0v) is 11.7. The maximum Gasteiger partial charge on any atom is 0.224 e. The summed E-state index contributed by atoms with van der Waals surface area (Å²) in [5, 5.41) is 6.62. The highest BCUT2D eigenvalue weighted by molar-refractivity contribution is 7.00. The van der Waals surface area contributed by atoms with Crippen molar-refractivity contribution in [1.29, 1.82) is 0 Å². The summed E-state index contributed by atoms with van der Waals surface area (Å²) < 4.78 is 8.33. The number of aromatic nitrogens is 2. The molecule has 1 aliphatic heterocycles. The number of carbonyl (C=O) groups is 1. The number of fused-ring (bicyclic) bond motifs is 1. The van der Waals surface area contributed by atoms with Crippen molar-refractivity contribution in [3.63, 3.8) is 0 Å². The Labute approximate surface area is 119 Å². The van der Waals surface area contributed by atoms with Crippen molar-refractivity contribution < 1.29 is 4.79 Å². The van der Waals surface area contributed by atoms with Crippen LogP contribution in [-0.4, -0.2) is 27.7 Å². The monoisotopic (exact) mass is 296 g/mol. The molecule has 1 atom stereocenters. The summed E-state index contributed by atoms with van der Waals surface area (Å²) in [6.45, 7) is 1.90. The maximum absolute atomic E-state index is 12.0. The molecule has 0 radical (unpaired) electrons. The third kappa shape index (κ3) is 2.70. The molecule has 3 rings (SSSR count). The molecule has 1 fully saturated rings. The number of nitrogens with zero attached hydrogens (tertiary/aromatic N) is 2. The fraction of sp³-hybridized carbons (Fsp3) is 0.417. The van der Waals surface area contributed by atoms with Gasteiger partial charge in [-0.1, -0.05) is 11.6 Å². The van der Waals surface area contributed by atoms with E-state index in [1.165, 1.54) is 0 Å². The van der Waals surface area contributed by atoms with Crippen molar-refractivity contribution in [3.05, 3.63) is 17.2 Å². The Kier molecular flexibility index (Phi) is 3.63. The number of anilines is 1. The van der Waals surface area contributed by atoms with E-state index in [9.17, 15) is 4.79 Å². The second kappa shape index (κ2) is 5.40. The van der Waals surface area contributed by atoms with E-state index in [1.807, 2.05) is 0 Å². The van der Waals surface area contributed by atoms with Crippen LogP contribution in [0.25, 0.3) is 11.0 Å². The minimum atomic E-state index is -0.0175. The summed E-state index contributed by atoms with van der Waals surface area (Å²) >= 11 is 7.25. The zero-order valence-electron chi connectivity index (χ0n) is 10.1. The Morgan fingerprint density at radius 2 is 2.42 bits per heavy atom. The van der Waals surface area contributed by atoms with Crippen LogP contribution in [-0.2, 0) is 4.79 Å². The lowest BCUT2D eigenvalue weighted by atomic mass is 10.0. The van der Waals surface area contributed by atoms with Crippen LogP contribution in [0.3, 0.4) is 0 Å². The van der Waals surface area contributed by atoms with E-state index in [-0.39, 0.29) is 5.91 Å². The first-order valence-corrected chi connectivity index (χ1v) is 7.26. The molecule has 2 aromatic rings. The molecule has 0 spiro atoms. The molecule has 5 nitrogen and oxygen atoms in total. The molecule has 1 aromatic heterocycles. The number of carbonyl (C=O) groups excluding carboxylic acids is 1. The SMILES string of the molecule is O=C(CC1CCNC1)Nc1c(Cl)ccc2nsnc12. The topological polar surface area (TPSA) is 66.9 Å². The lowest BCUT2D eigenvalue weighted by molar-refractivity contribution is -0.116. The highest BCUT2D eigenvalue weighted by Crippen LogP contribution is 2.30. The first kappa shape index (κ1) is 12.8. The van der Waals surface area contributed by atoms with Gasteiger partial charge in [-0.2, -0.15) is 8.75 Å². The van der Waals surface area contributed by atoms with E-state index in [1.54, 1.807) is 12.1 Å². The largest absolute Gasteiger partial charge is 0.323 e. The predicted octanol–water partition coefficient (Wildman–Crippen LogP) is 2.28. The molecule has 19 heavy (non-hydrogen) atoms. The van der Waals surface area contributed by atoms with Crippen LogP contribution in [0.15, 0.2) is 12.1 Å². The summed E-state index contributed by atoms with van der Waals surface area (Å²) in [4.78, 5) is 12.0. The molecule has 0 bridgehead atoms. The molecule has 1 saturated heterocycles. The number of hydrogen-bond acceptors (Lipinski definition) is 5. The van der Waals surface area contributed by atoms with Gasteiger partial charge in [0.05, 0.1) is 22.4 Å². The first-order chi connectivity index (χ1) is 9.24. The Bertz CT molecular complexity index is 609. The molecule has 2 N–H and O–H groups in total. The Balaban J connectivity index is 1.78. The Morgan fingerprint density at radius 3 is 3.21 bits per heavy atom. The second-order valence-electron chi connectivity index (χ2n) is 4.67. The average Bonchev–Trinajstić information content (AvgIpc) is 3.03. The third-order valence-electron chi connectivity index (χ3n) is 3.28. The van der Waals surface area contributed by atoms with Crippen molar-refractivity contribution in [1.82, 2.24) is 14.1 Å². The Hall–Kier alpha value is -1.24. The molecule has 0 saturated carbocycles. The van der Waals surface area contributed by atoms with Crippen molar-refractivity contribution in [2.45, 2.75) is 12.8 Å². The number of halogens is 1. The van der Waals surface area contributed by atoms with Gasteiger partial charge in [-0.3, -0.25) is 4.79 Å². The van der Waals surface area contributed by atoms with Gasteiger partial charge < -0.3 is 10.6 Å². The van der Waals surface area contributed by atoms with Gasteiger partial charge in [0.1, 0.15) is 11.0 Å². The molecule has 2 heterocycles. The molecule has 7 heteroatoms. The maximum atomic E-state index is 12.0. The summed E-state index contributed by atoms with van der Waals surface area (Å²) in [6.07, 6.45) is 1.56. The van der Waals surface area contributed by atoms with Gasteiger partial charge in [-0.15, -0.1) is 0 Å². The van der Waals surface area contributed by atoms with Crippen LogP contribution in [0.1, 0.15) is 12.8 Å². The van der Waals surface area contributed by atoms with Crippen molar-refractivity contribution in [2.24, 2.45) is 5.92 Å². The lowest BCUT2D eigenvalue weighted by Crippen LogP contribution is -2.18. The smallest absolute Gasteiger partial charge is 0.224 e. The lowest BCUT2D eigenvalue weighted by Gasteiger charge is -2.10. The highest BCUT2D eigenvalue weighted by atomic mass is 35.5. The minimum Gasteiger partial charge on any atom is -0.323 e. The van der Waals surface area contributed by atoms with E-state index in [0.29, 0.717) is 28.6 Å². The normalized spacial score (nSPS) is 18.9. The molecule has 100 valence electrons. The number of rotatable bonds is 3. The van der Waals surface area contributed by atoms with Gasteiger partial charge in [-0.25, -0.2) is 0 Å². The molecule has 1 aromatic carbocycles. The summed E-state index contributed by atoms with van der Waals surface area (Å²) in [5.74, 6) is 0.391. The summed E-state index contributed by atoms with van der Waals surface area (Å²) in [6, 6.07) is 3.54. The quantitative estimate of drug-likeness (QED) is 0.912. The van der Waals surface area contributed by atoms with Crippen molar-refractivity contribution in [3.8, 4) is 0 Å². The van der Waals surface area contributed by atoms with Crippen LogP contribution in [0.2, 0.25) is 5.02 Å². The van der Waals surface area contributed by atoms with Crippen LogP contribution in [0.5, 0.6) is 0 Å². The fourth-order valence-corrected chi connectivity index (χ4v) is 3.03. The molecular formula is C12H13ClN4OS. The Morgan fingerprint density at radius 1 is 1.53 bits per heavy atom. The standard InChI is InChI=1S/C12H13ClN4OS/c13-8-1-2-9-12(17-19-16-9)11(8)15-10(18)5-7-3-4-14-6-7/h1-2,7,14H,3-6H2,(H,15,18). The van der Waals surface area contributed by atoms with Gasteiger partial charge in [0, 0.05) is 6.42 Å². The number of hydrogen-bond donors (Lipinski definition) is 2. The van der Waals surface area contributed by atoms with Crippen LogP contribution >= 0.6 is 23.3 Å². The van der Waals surface area contributed by atoms with Gasteiger partial charge in [-0.05, 0) is 37.6 Å². The average molecular weight is 297 g/mol. The van der Waals surface area contributed by atoms with E-state index < -0.39 is 0 Å². The highest BCUT2D eigenvalue weighted by Gasteiger charge is 2.19. The van der Waals surface area contributed by atoms with E-state index in [2.05, 4.69) is 19.4 Å². The molecule has 1 unspecified atom stereocenters. The third-order valence-corrected chi connectivity index (χ3v) is 4.14. The minimum absolute atomic E-state index is 0.0175. The first-order valence-electron chi connectivity index (χ1n) is 6.15. The van der Waals surface area contributed by atoms with Gasteiger partial charge in [0.2, 0.25) is 5.91 Å². The van der Waals surface area contributed by atoms with Crippen molar-refractivity contribution >= 4 is 46.0 Å². The summed E-state index contributed by atoms with van der Waals surface area (Å²) in [7, 11) is 0. The van der Waals surface area contributed by atoms with Gasteiger partial charge in [0.25, 0.3) is 0 Å². The number of nitrogens with one attached hydrogen (secondary N) is 2. The summed E-state index contributed by atoms with van der Waals surface area (Å²) in [5.41, 5.74) is 1.99. The van der Waals surface area contributed by atoms with Crippen LogP contribution < -0.4 is 10.6 Å². The van der Waals surface area contributed by atoms with E-state index >= 15 is 0 Å². The fourth-order valence-electron chi connectivity index (χ4n) is 2.29. The molecule has 0 aliphatic carbocycles. The molecular weight excluding hydrogens is 284 g/mol. The van der Waals surface area contributed by atoms with Gasteiger partial charge in [0.15, 0.2) is 0 Å². The number of benzene rings is 1. The molecule has 1 aliphatic rings.